The normalized spacial score (nSPS) is 22.2. The number of sulfonamides is 1. The number of hydrogen-bond donors (Lipinski definition) is 1. The zero-order valence-electron chi connectivity index (χ0n) is 17.9. The Hall–Kier alpha value is -2.38. The summed E-state index contributed by atoms with van der Waals surface area (Å²) in [6.45, 7) is 2.78. The van der Waals surface area contributed by atoms with Crippen LogP contribution in [0.5, 0.6) is 5.75 Å². The molecule has 0 aromatic heterocycles. The molecule has 2 heterocycles. The SMILES string of the molecule is CCS(=O)(=O)NC1CCN2C(=O)CCCCOc3ccccc3-c3cccc(c3)CC12. The van der Waals surface area contributed by atoms with Crippen molar-refractivity contribution in [1.82, 2.24) is 9.62 Å². The van der Waals surface area contributed by atoms with Gasteiger partial charge in [0.25, 0.3) is 0 Å². The maximum atomic E-state index is 13.0. The van der Waals surface area contributed by atoms with Crippen LogP contribution in [0.3, 0.4) is 0 Å². The lowest BCUT2D eigenvalue weighted by atomic mass is 9.96. The fraction of sp³-hybridized carbons (Fsp3) is 0.458. The van der Waals surface area contributed by atoms with E-state index in [4.69, 9.17) is 4.74 Å². The lowest BCUT2D eigenvalue weighted by Gasteiger charge is -2.29. The molecule has 166 valence electrons. The minimum atomic E-state index is -3.35. The largest absolute Gasteiger partial charge is 0.493 e. The minimum Gasteiger partial charge on any atom is -0.493 e. The predicted molar refractivity (Wildman–Crippen MR) is 121 cm³/mol. The van der Waals surface area contributed by atoms with Crippen LogP contribution in [0, 0.1) is 0 Å². The van der Waals surface area contributed by atoms with E-state index in [1.165, 1.54) is 0 Å². The molecule has 1 N–H and O–H groups in total. The van der Waals surface area contributed by atoms with Crippen LogP contribution in [0.2, 0.25) is 0 Å². The second kappa shape index (κ2) is 9.40. The van der Waals surface area contributed by atoms with Crippen LogP contribution >= 0.6 is 0 Å². The fourth-order valence-corrected chi connectivity index (χ4v) is 5.41. The van der Waals surface area contributed by atoms with Gasteiger partial charge in [-0.1, -0.05) is 42.5 Å². The molecule has 7 heteroatoms. The van der Waals surface area contributed by atoms with Gasteiger partial charge < -0.3 is 9.64 Å². The summed E-state index contributed by atoms with van der Waals surface area (Å²) in [7, 11) is -3.35. The number of nitrogens with zero attached hydrogens (tertiary/aromatic N) is 1. The Balaban J connectivity index is 1.70. The van der Waals surface area contributed by atoms with Crippen LogP contribution in [0.25, 0.3) is 11.1 Å². The first-order valence-corrected chi connectivity index (χ1v) is 12.7. The number of hydrogen-bond acceptors (Lipinski definition) is 4. The zero-order valence-corrected chi connectivity index (χ0v) is 18.7. The molecule has 2 atom stereocenters. The molecule has 4 rings (SSSR count). The average Bonchev–Trinajstić information content (AvgIpc) is 3.15. The molecule has 0 saturated carbocycles. The summed E-state index contributed by atoms with van der Waals surface area (Å²) < 4.78 is 33.4. The number of carbonyl (C=O) groups excluding carboxylic acids is 1. The highest BCUT2D eigenvalue weighted by molar-refractivity contribution is 7.89. The Kier molecular flexibility index (Phi) is 6.62. The van der Waals surface area contributed by atoms with Gasteiger partial charge in [0.2, 0.25) is 15.9 Å². The van der Waals surface area contributed by atoms with Crippen molar-refractivity contribution in [3.8, 4) is 16.9 Å². The molecule has 2 aromatic rings. The maximum absolute atomic E-state index is 13.0. The van der Waals surface area contributed by atoms with Gasteiger partial charge in [-0.3, -0.25) is 4.79 Å². The van der Waals surface area contributed by atoms with Crippen molar-refractivity contribution in [3.05, 3.63) is 54.1 Å². The van der Waals surface area contributed by atoms with E-state index in [-0.39, 0.29) is 23.7 Å². The summed E-state index contributed by atoms with van der Waals surface area (Å²) in [5.74, 6) is 0.979. The van der Waals surface area contributed by atoms with Crippen molar-refractivity contribution in [2.75, 3.05) is 18.9 Å². The van der Waals surface area contributed by atoms with E-state index in [2.05, 4.69) is 22.9 Å². The summed E-state index contributed by atoms with van der Waals surface area (Å²) >= 11 is 0. The third-order valence-electron chi connectivity index (χ3n) is 6.19. The first-order chi connectivity index (χ1) is 15.0. The highest BCUT2D eigenvalue weighted by Gasteiger charge is 2.38. The Morgan fingerprint density at radius 1 is 1.13 bits per heavy atom. The molecule has 2 aromatic carbocycles. The third-order valence-corrected chi connectivity index (χ3v) is 7.61. The van der Waals surface area contributed by atoms with E-state index in [1.54, 1.807) is 6.92 Å². The van der Waals surface area contributed by atoms with Gasteiger partial charge in [0.05, 0.1) is 18.4 Å². The van der Waals surface area contributed by atoms with E-state index in [0.29, 0.717) is 32.4 Å². The maximum Gasteiger partial charge on any atom is 0.222 e. The van der Waals surface area contributed by atoms with Crippen LogP contribution in [-0.4, -0.2) is 50.2 Å². The Bertz CT molecular complexity index is 1040. The number of para-hydroxylation sites is 1. The molecule has 0 radical (unpaired) electrons. The molecule has 1 amide bonds. The molecular weight excluding hydrogens is 412 g/mol. The van der Waals surface area contributed by atoms with Crippen molar-refractivity contribution in [2.45, 2.75) is 51.1 Å². The number of benzene rings is 2. The van der Waals surface area contributed by atoms with E-state index in [9.17, 15) is 13.2 Å². The molecule has 1 fully saturated rings. The smallest absolute Gasteiger partial charge is 0.222 e. The second-order valence-corrected chi connectivity index (χ2v) is 10.3. The second-order valence-electron chi connectivity index (χ2n) is 8.28. The molecular formula is C24H30N2O4S. The molecule has 0 aliphatic carbocycles. The topological polar surface area (TPSA) is 75.7 Å². The van der Waals surface area contributed by atoms with Gasteiger partial charge >= 0.3 is 0 Å². The molecule has 2 bridgehead atoms. The van der Waals surface area contributed by atoms with Gasteiger partial charge in [-0.15, -0.1) is 0 Å². The Morgan fingerprint density at radius 2 is 1.97 bits per heavy atom. The summed E-state index contributed by atoms with van der Waals surface area (Å²) in [5.41, 5.74) is 3.19. The number of carbonyl (C=O) groups is 1. The minimum absolute atomic E-state index is 0.0381. The van der Waals surface area contributed by atoms with Crippen LogP contribution in [0.15, 0.2) is 48.5 Å². The van der Waals surface area contributed by atoms with E-state index >= 15 is 0 Å². The Morgan fingerprint density at radius 3 is 2.81 bits per heavy atom. The molecule has 6 nitrogen and oxygen atoms in total. The van der Waals surface area contributed by atoms with Crippen molar-refractivity contribution in [3.63, 3.8) is 0 Å². The number of fused-ring (bicyclic) bond motifs is 5. The van der Waals surface area contributed by atoms with Crippen molar-refractivity contribution >= 4 is 15.9 Å². The predicted octanol–water partition coefficient (Wildman–Crippen LogP) is 3.37. The molecule has 2 unspecified atom stereocenters. The summed E-state index contributed by atoms with van der Waals surface area (Å²) in [4.78, 5) is 14.9. The van der Waals surface area contributed by atoms with Gasteiger partial charge in [-0.2, -0.15) is 0 Å². The monoisotopic (exact) mass is 442 g/mol. The standard InChI is InChI=1S/C24H30N2O4S/c1-2-31(28,29)25-21-13-14-26-22(21)17-18-8-7-9-19(16-18)20-10-3-4-11-23(20)30-15-6-5-12-24(26)27/h3-4,7-11,16,21-22,25H,2,5-6,12-15,17H2,1H3. The van der Waals surface area contributed by atoms with Gasteiger partial charge in [-0.05, 0) is 49.8 Å². The van der Waals surface area contributed by atoms with Crippen LogP contribution < -0.4 is 9.46 Å². The van der Waals surface area contributed by atoms with E-state index in [1.807, 2.05) is 35.2 Å². The molecule has 2 aliphatic rings. The first-order valence-electron chi connectivity index (χ1n) is 11.1. The highest BCUT2D eigenvalue weighted by atomic mass is 32.2. The summed E-state index contributed by atoms with van der Waals surface area (Å²) in [5, 5.41) is 0. The van der Waals surface area contributed by atoms with Crippen LogP contribution in [0.4, 0.5) is 0 Å². The van der Waals surface area contributed by atoms with Gasteiger partial charge in [-0.25, -0.2) is 13.1 Å². The van der Waals surface area contributed by atoms with Crippen molar-refractivity contribution in [2.24, 2.45) is 0 Å². The average molecular weight is 443 g/mol. The molecule has 1 saturated heterocycles. The van der Waals surface area contributed by atoms with Crippen LogP contribution in [0.1, 0.15) is 38.2 Å². The molecule has 0 spiro atoms. The third kappa shape index (κ3) is 5.10. The molecule has 31 heavy (non-hydrogen) atoms. The fourth-order valence-electron chi connectivity index (χ4n) is 4.51. The number of amides is 1. The summed E-state index contributed by atoms with van der Waals surface area (Å²) in [6.07, 6.45) is 3.25. The lowest BCUT2D eigenvalue weighted by molar-refractivity contribution is -0.132. The van der Waals surface area contributed by atoms with Gasteiger partial charge in [0.15, 0.2) is 0 Å². The lowest BCUT2D eigenvalue weighted by Crippen LogP contribution is -2.48. The van der Waals surface area contributed by atoms with Gasteiger partial charge in [0.1, 0.15) is 5.75 Å². The number of nitrogens with one attached hydrogen (secondary N) is 1. The quantitative estimate of drug-likeness (QED) is 0.791. The van der Waals surface area contributed by atoms with Crippen molar-refractivity contribution < 1.29 is 17.9 Å². The molecule has 2 aliphatic heterocycles. The number of ether oxygens (including phenoxy) is 1. The summed E-state index contributed by atoms with van der Waals surface area (Å²) in [6, 6.07) is 15.8. The van der Waals surface area contributed by atoms with Gasteiger partial charge in [0, 0.05) is 24.6 Å². The van der Waals surface area contributed by atoms with E-state index in [0.717, 1.165) is 35.3 Å². The Labute approximate surface area is 184 Å². The zero-order chi connectivity index (χ0) is 21.8. The highest BCUT2D eigenvalue weighted by Crippen LogP contribution is 2.32. The van der Waals surface area contributed by atoms with E-state index < -0.39 is 10.0 Å². The first kappa shape index (κ1) is 21.8. The number of rotatable bonds is 3. The van der Waals surface area contributed by atoms with Crippen molar-refractivity contribution in [1.29, 1.82) is 0 Å². The van der Waals surface area contributed by atoms with Crippen LogP contribution in [-0.2, 0) is 21.2 Å².